The number of fused-ring (bicyclic) bond motifs is 5. The Morgan fingerprint density at radius 3 is 2.96 bits per heavy atom. The van der Waals surface area contributed by atoms with E-state index in [1.54, 1.807) is 15.9 Å². The molecule has 1 aliphatic rings. The van der Waals surface area contributed by atoms with Gasteiger partial charge in [-0.25, -0.2) is 9.78 Å². The van der Waals surface area contributed by atoms with Crippen LogP contribution in [0.2, 0.25) is 0 Å². The molecule has 0 saturated heterocycles. The van der Waals surface area contributed by atoms with Crippen LogP contribution in [-0.4, -0.2) is 44.9 Å². The maximum atomic E-state index is 11.3. The normalized spacial score (nSPS) is 16.2. The summed E-state index contributed by atoms with van der Waals surface area (Å²) in [6.45, 7) is 6.37. The molecule has 4 heterocycles. The Bertz CT molecular complexity index is 991. The molecule has 0 N–H and O–H groups in total. The van der Waals surface area contributed by atoms with Crippen LogP contribution in [0.1, 0.15) is 30.1 Å². The first-order valence-corrected chi connectivity index (χ1v) is 8.71. The summed E-state index contributed by atoms with van der Waals surface area (Å²) < 4.78 is 17.5. The molecule has 3 aromatic heterocycles. The van der Waals surface area contributed by atoms with Crippen LogP contribution in [0.3, 0.4) is 0 Å². The fraction of sp³-hybridized carbons (Fsp3) is 0.500. The molecule has 0 spiro atoms. The van der Waals surface area contributed by atoms with E-state index in [1.807, 2.05) is 6.92 Å². The lowest BCUT2D eigenvalue weighted by atomic mass is 9.94. The highest BCUT2D eigenvalue weighted by Gasteiger charge is 2.31. The van der Waals surface area contributed by atoms with Crippen molar-refractivity contribution in [2.24, 2.45) is 0 Å². The SMILES string of the molecule is COC(=O)COc1nc2c3c4c(sc3nc(C)n2n1)COC(C)(C)C4. The maximum Gasteiger partial charge on any atom is 0.344 e. The number of nitrogens with zero attached hydrogens (tertiary/aromatic N) is 4. The fourth-order valence-electron chi connectivity index (χ4n) is 2.97. The van der Waals surface area contributed by atoms with Crippen molar-refractivity contribution < 1.29 is 19.0 Å². The van der Waals surface area contributed by atoms with E-state index in [1.165, 1.54) is 17.6 Å². The Labute approximate surface area is 147 Å². The van der Waals surface area contributed by atoms with Gasteiger partial charge >= 0.3 is 12.0 Å². The van der Waals surface area contributed by atoms with Gasteiger partial charge in [0.1, 0.15) is 10.7 Å². The molecule has 132 valence electrons. The zero-order valence-corrected chi connectivity index (χ0v) is 15.3. The van der Waals surface area contributed by atoms with Crippen molar-refractivity contribution in [3.8, 4) is 6.01 Å². The summed E-state index contributed by atoms with van der Waals surface area (Å²) in [6, 6.07) is 0.133. The minimum Gasteiger partial charge on any atom is -0.466 e. The number of carbonyl (C=O) groups excluding carboxylic acids is 1. The number of aromatic nitrogens is 4. The van der Waals surface area contributed by atoms with Gasteiger partial charge in [0.2, 0.25) is 0 Å². The van der Waals surface area contributed by atoms with Gasteiger partial charge in [-0.2, -0.15) is 9.50 Å². The molecule has 0 aliphatic carbocycles. The lowest BCUT2D eigenvalue weighted by molar-refractivity contribution is -0.143. The fourth-order valence-corrected chi connectivity index (χ4v) is 4.11. The molecular weight excluding hydrogens is 344 g/mol. The number of carbonyl (C=O) groups is 1. The zero-order valence-electron chi connectivity index (χ0n) is 14.5. The summed E-state index contributed by atoms with van der Waals surface area (Å²) in [5.74, 6) is 0.229. The molecule has 3 aromatic rings. The smallest absolute Gasteiger partial charge is 0.344 e. The quantitative estimate of drug-likeness (QED) is 0.659. The number of methoxy groups -OCH3 is 1. The second kappa shape index (κ2) is 5.63. The van der Waals surface area contributed by atoms with Crippen LogP contribution in [0.25, 0.3) is 15.9 Å². The topological polar surface area (TPSA) is 87.8 Å². The number of ether oxygens (including phenoxy) is 3. The van der Waals surface area contributed by atoms with Crippen molar-refractivity contribution >= 4 is 33.2 Å². The van der Waals surface area contributed by atoms with E-state index in [4.69, 9.17) is 9.47 Å². The maximum absolute atomic E-state index is 11.3. The summed E-state index contributed by atoms with van der Waals surface area (Å²) in [7, 11) is 1.31. The molecule has 8 nitrogen and oxygen atoms in total. The van der Waals surface area contributed by atoms with E-state index in [-0.39, 0.29) is 18.2 Å². The Hall–Kier alpha value is -2.26. The third-order valence-corrected chi connectivity index (χ3v) is 5.30. The zero-order chi connectivity index (χ0) is 17.8. The molecule has 0 unspecified atom stereocenters. The van der Waals surface area contributed by atoms with E-state index in [9.17, 15) is 4.79 Å². The Balaban J connectivity index is 1.85. The standard InChI is InChI=1S/C16H18N4O4S/c1-8-17-14-12(9-5-16(2,3)24-6-10(9)25-14)13-18-15(19-20(8)13)23-7-11(21)22-4/h5-7H2,1-4H3. The van der Waals surface area contributed by atoms with Crippen LogP contribution in [0.15, 0.2) is 0 Å². The van der Waals surface area contributed by atoms with E-state index < -0.39 is 5.97 Å². The molecule has 4 rings (SSSR count). The van der Waals surface area contributed by atoms with Crippen LogP contribution in [0, 0.1) is 6.92 Å². The van der Waals surface area contributed by atoms with Crippen LogP contribution < -0.4 is 4.74 Å². The molecule has 0 aromatic carbocycles. The second-order valence-electron chi connectivity index (χ2n) is 6.56. The Morgan fingerprint density at radius 1 is 1.40 bits per heavy atom. The predicted molar refractivity (Wildman–Crippen MR) is 91.0 cm³/mol. The Morgan fingerprint density at radius 2 is 2.20 bits per heavy atom. The monoisotopic (exact) mass is 362 g/mol. The van der Waals surface area contributed by atoms with Gasteiger partial charge in [-0.05, 0) is 26.3 Å². The number of aryl methyl sites for hydroxylation is 1. The van der Waals surface area contributed by atoms with Crippen molar-refractivity contribution in [2.75, 3.05) is 13.7 Å². The van der Waals surface area contributed by atoms with Gasteiger partial charge in [0.25, 0.3) is 0 Å². The predicted octanol–water partition coefficient (Wildman–Crippen LogP) is 2.05. The first-order chi connectivity index (χ1) is 11.9. The molecule has 1 aliphatic heterocycles. The number of esters is 1. The summed E-state index contributed by atoms with van der Waals surface area (Å²) in [5.41, 5.74) is 1.67. The van der Waals surface area contributed by atoms with Gasteiger partial charge < -0.3 is 14.2 Å². The highest BCUT2D eigenvalue weighted by molar-refractivity contribution is 7.19. The number of thiophene rings is 1. The summed E-state index contributed by atoms with van der Waals surface area (Å²) in [6.07, 6.45) is 0.786. The van der Waals surface area contributed by atoms with Crippen molar-refractivity contribution in [1.82, 2.24) is 19.6 Å². The van der Waals surface area contributed by atoms with Crippen LogP contribution in [0.5, 0.6) is 6.01 Å². The Kier molecular flexibility index (Phi) is 3.66. The van der Waals surface area contributed by atoms with E-state index in [2.05, 4.69) is 33.7 Å². The number of rotatable bonds is 3. The lowest BCUT2D eigenvalue weighted by Gasteiger charge is -2.30. The van der Waals surface area contributed by atoms with Gasteiger partial charge in [0.05, 0.1) is 24.7 Å². The molecule has 0 fully saturated rings. The van der Waals surface area contributed by atoms with Gasteiger partial charge in [0.15, 0.2) is 12.3 Å². The molecular formula is C16H18N4O4S. The van der Waals surface area contributed by atoms with Gasteiger partial charge in [-0.3, -0.25) is 0 Å². The highest BCUT2D eigenvalue weighted by Crippen LogP contribution is 2.40. The van der Waals surface area contributed by atoms with Crippen molar-refractivity contribution in [3.63, 3.8) is 0 Å². The minimum absolute atomic E-state index is 0.133. The average Bonchev–Trinajstić information content (AvgIpc) is 3.12. The van der Waals surface area contributed by atoms with Crippen molar-refractivity contribution in [2.45, 2.75) is 39.4 Å². The van der Waals surface area contributed by atoms with E-state index in [0.29, 0.717) is 18.1 Å². The van der Waals surface area contributed by atoms with Crippen molar-refractivity contribution in [1.29, 1.82) is 0 Å². The van der Waals surface area contributed by atoms with Gasteiger partial charge in [-0.1, -0.05) is 0 Å². The molecule has 0 saturated carbocycles. The first-order valence-electron chi connectivity index (χ1n) is 7.89. The molecule has 0 amide bonds. The average molecular weight is 362 g/mol. The van der Waals surface area contributed by atoms with Crippen LogP contribution >= 0.6 is 11.3 Å². The number of hydrogen-bond donors (Lipinski definition) is 0. The third-order valence-electron chi connectivity index (χ3n) is 4.20. The third kappa shape index (κ3) is 2.73. The highest BCUT2D eigenvalue weighted by atomic mass is 32.1. The lowest BCUT2D eigenvalue weighted by Crippen LogP contribution is -2.31. The van der Waals surface area contributed by atoms with Crippen LogP contribution in [-0.2, 0) is 27.3 Å². The van der Waals surface area contributed by atoms with Crippen LogP contribution in [0.4, 0.5) is 0 Å². The largest absolute Gasteiger partial charge is 0.466 e. The van der Waals surface area contributed by atoms with Gasteiger partial charge in [0, 0.05) is 11.3 Å². The molecule has 0 radical (unpaired) electrons. The molecule has 0 atom stereocenters. The summed E-state index contributed by atoms with van der Waals surface area (Å²) in [5, 5.41) is 5.31. The van der Waals surface area contributed by atoms with E-state index in [0.717, 1.165) is 16.6 Å². The van der Waals surface area contributed by atoms with E-state index >= 15 is 0 Å². The first kappa shape index (κ1) is 16.2. The van der Waals surface area contributed by atoms with Crippen molar-refractivity contribution in [3.05, 3.63) is 16.3 Å². The summed E-state index contributed by atoms with van der Waals surface area (Å²) in [4.78, 5) is 22.5. The molecule has 9 heteroatoms. The number of hydrogen-bond acceptors (Lipinski definition) is 8. The summed E-state index contributed by atoms with van der Waals surface area (Å²) >= 11 is 1.63. The molecule has 0 bridgehead atoms. The minimum atomic E-state index is -0.481. The molecule has 25 heavy (non-hydrogen) atoms. The second-order valence-corrected chi connectivity index (χ2v) is 7.65. The van der Waals surface area contributed by atoms with Gasteiger partial charge in [-0.15, -0.1) is 16.4 Å².